The Hall–Kier alpha value is -3.33. The van der Waals surface area contributed by atoms with E-state index in [0.29, 0.717) is 23.9 Å². The van der Waals surface area contributed by atoms with Crippen LogP contribution in [0.5, 0.6) is 0 Å². The topological polar surface area (TPSA) is 111 Å². The molecule has 0 aliphatic heterocycles. The van der Waals surface area contributed by atoms with Crippen LogP contribution < -0.4 is 4.89 Å². The van der Waals surface area contributed by atoms with Crippen molar-refractivity contribution < 1.29 is 42.1 Å². The number of ether oxygens (including phenoxy) is 2. The predicted octanol–water partition coefficient (Wildman–Crippen LogP) is 12.5. The molecule has 0 aromatic carbocycles. The number of phosphoric acid groups is 1. The number of allylic oxidation sites excluding steroid dienone is 17. The molecule has 60 heavy (non-hydrogen) atoms. The molecule has 0 bridgehead atoms. The third kappa shape index (κ3) is 44.2. The summed E-state index contributed by atoms with van der Waals surface area (Å²) in [7, 11) is 1.08. The summed E-state index contributed by atoms with van der Waals surface area (Å²) >= 11 is 0. The van der Waals surface area contributed by atoms with Crippen molar-refractivity contribution in [2.24, 2.45) is 0 Å². The van der Waals surface area contributed by atoms with Crippen LogP contribution >= 0.6 is 7.82 Å². The zero-order valence-corrected chi connectivity index (χ0v) is 39.0. The lowest BCUT2D eigenvalue weighted by molar-refractivity contribution is -0.870. The summed E-state index contributed by atoms with van der Waals surface area (Å²) < 4.78 is 33.8. The molecular formula is C50H82NO8P. The maximum absolute atomic E-state index is 12.6. The van der Waals surface area contributed by atoms with E-state index in [0.717, 1.165) is 77.0 Å². The van der Waals surface area contributed by atoms with Gasteiger partial charge in [0.1, 0.15) is 19.8 Å². The lowest BCUT2D eigenvalue weighted by Gasteiger charge is -2.28. The molecule has 340 valence electrons. The Bertz CT molecular complexity index is 1380. The van der Waals surface area contributed by atoms with E-state index in [4.69, 9.17) is 18.5 Å². The molecule has 2 unspecified atom stereocenters. The molecule has 0 saturated carbocycles. The first-order valence-corrected chi connectivity index (χ1v) is 24.1. The van der Waals surface area contributed by atoms with Gasteiger partial charge in [-0.05, 0) is 77.0 Å². The van der Waals surface area contributed by atoms with Crippen LogP contribution in [0.1, 0.15) is 142 Å². The largest absolute Gasteiger partial charge is 0.756 e. The van der Waals surface area contributed by atoms with Gasteiger partial charge >= 0.3 is 11.9 Å². The number of esters is 2. The van der Waals surface area contributed by atoms with E-state index in [1.807, 2.05) is 33.3 Å². The minimum Gasteiger partial charge on any atom is -0.756 e. The van der Waals surface area contributed by atoms with E-state index >= 15 is 0 Å². The standard InChI is InChI=1S/C50H82NO8P/c1-6-8-10-12-14-16-18-20-22-23-24-25-26-27-29-30-32-34-36-38-40-42-49(52)56-46-48(47-58-60(54,55)57-45-44-51(3,4)5)59-50(53)43-41-39-37-35-33-31-28-21-19-17-15-13-11-9-7-2/h8-11,14-17,20-22,24-25,28,33,35,39,41,48H,6-7,12-13,18-19,23,26-27,29-32,34,36-38,40,42-47H2,1-5H3/b10-8-,11-9-,16-14-,17-15-,22-20-,25-24-,28-21-,35-33-,41-39-. The van der Waals surface area contributed by atoms with Gasteiger partial charge in [-0.15, -0.1) is 0 Å². The highest BCUT2D eigenvalue weighted by atomic mass is 31.2. The maximum Gasteiger partial charge on any atom is 0.310 e. The number of hydrogen-bond acceptors (Lipinski definition) is 8. The van der Waals surface area contributed by atoms with Gasteiger partial charge in [0.05, 0.1) is 34.2 Å². The lowest BCUT2D eigenvalue weighted by Crippen LogP contribution is -2.37. The molecule has 0 amide bonds. The SMILES string of the molecule is CC/C=C\C/C=C\C/C=C\C/C=C\C/C=C\CC(=O)OC(COC(=O)CCCCCCCCCC/C=C\C/C=C\C/C=C\C/C=C\CC)COP(=O)([O-])OCC[N+](C)(C)C. The molecule has 0 fully saturated rings. The van der Waals surface area contributed by atoms with Crippen LogP contribution in [-0.2, 0) is 32.7 Å². The minimum absolute atomic E-state index is 0.0156. The summed E-state index contributed by atoms with van der Waals surface area (Å²) in [5.41, 5.74) is 0. The van der Waals surface area contributed by atoms with Gasteiger partial charge in [0, 0.05) is 6.42 Å². The summed E-state index contributed by atoms with van der Waals surface area (Å²) in [6, 6.07) is 0. The lowest BCUT2D eigenvalue weighted by atomic mass is 10.1. The fourth-order valence-electron chi connectivity index (χ4n) is 5.37. The third-order valence-electron chi connectivity index (χ3n) is 8.82. The Balaban J connectivity index is 4.45. The summed E-state index contributed by atoms with van der Waals surface area (Å²) in [4.78, 5) is 37.5. The van der Waals surface area contributed by atoms with Crippen LogP contribution in [0.3, 0.4) is 0 Å². The van der Waals surface area contributed by atoms with Gasteiger partial charge < -0.3 is 27.9 Å². The second-order valence-electron chi connectivity index (χ2n) is 15.7. The Labute approximate surface area is 366 Å². The zero-order valence-electron chi connectivity index (χ0n) is 38.1. The fraction of sp³-hybridized carbons (Fsp3) is 0.600. The average molecular weight is 856 g/mol. The Morgan fingerprint density at radius 1 is 0.533 bits per heavy atom. The highest BCUT2D eigenvalue weighted by Crippen LogP contribution is 2.38. The van der Waals surface area contributed by atoms with E-state index in [1.54, 1.807) is 6.08 Å². The number of hydrogen-bond donors (Lipinski definition) is 0. The maximum atomic E-state index is 12.6. The van der Waals surface area contributed by atoms with E-state index in [2.05, 4.69) is 105 Å². The molecule has 0 aromatic rings. The van der Waals surface area contributed by atoms with Crippen LogP contribution in [0.15, 0.2) is 109 Å². The van der Waals surface area contributed by atoms with Crippen LogP contribution in [-0.4, -0.2) is 70.0 Å². The number of likely N-dealkylation sites (N-methyl/N-ethyl adjacent to an activating group) is 1. The zero-order chi connectivity index (χ0) is 44.3. The van der Waals surface area contributed by atoms with Gasteiger partial charge in [-0.1, -0.05) is 162 Å². The number of carbonyl (C=O) groups is 2. The van der Waals surface area contributed by atoms with E-state index < -0.39 is 32.5 Å². The smallest absolute Gasteiger partial charge is 0.310 e. The monoisotopic (exact) mass is 856 g/mol. The molecular weight excluding hydrogens is 774 g/mol. The van der Waals surface area contributed by atoms with Gasteiger partial charge in [-0.25, -0.2) is 0 Å². The number of phosphoric ester groups is 1. The molecule has 2 atom stereocenters. The van der Waals surface area contributed by atoms with Gasteiger partial charge in [0.25, 0.3) is 7.82 Å². The van der Waals surface area contributed by atoms with E-state index in [9.17, 15) is 19.0 Å². The average Bonchev–Trinajstić information content (AvgIpc) is 3.20. The van der Waals surface area contributed by atoms with Crippen LogP contribution in [0.25, 0.3) is 0 Å². The predicted molar refractivity (Wildman–Crippen MR) is 249 cm³/mol. The molecule has 0 saturated heterocycles. The molecule has 0 rings (SSSR count). The Kier molecular flexibility index (Phi) is 38.8. The molecule has 0 radical (unpaired) electrons. The molecule has 0 aliphatic rings. The molecule has 0 N–H and O–H groups in total. The molecule has 0 aliphatic carbocycles. The van der Waals surface area contributed by atoms with E-state index in [1.165, 1.54) is 25.7 Å². The second kappa shape index (κ2) is 41.0. The number of carbonyl (C=O) groups excluding carboxylic acids is 2. The van der Waals surface area contributed by atoms with Crippen molar-refractivity contribution in [3.8, 4) is 0 Å². The van der Waals surface area contributed by atoms with Crippen molar-refractivity contribution in [1.29, 1.82) is 0 Å². The van der Waals surface area contributed by atoms with Crippen molar-refractivity contribution in [1.82, 2.24) is 0 Å². The molecule has 9 nitrogen and oxygen atoms in total. The number of nitrogens with zero attached hydrogens (tertiary/aromatic N) is 1. The fourth-order valence-corrected chi connectivity index (χ4v) is 6.10. The summed E-state index contributed by atoms with van der Waals surface area (Å²) in [5, 5.41) is 0. The van der Waals surface area contributed by atoms with Gasteiger partial charge in [-0.3, -0.25) is 14.2 Å². The Morgan fingerprint density at radius 2 is 0.950 bits per heavy atom. The summed E-state index contributed by atoms with van der Waals surface area (Å²) in [6.45, 7) is 3.85. The third-order valence-corrected chi connectivity index (χ3v) is 9.79. The first kappa shape index (κ1) is 56.7. The molecule has 10 heteroatoms. The normalized spacial score (nSPS) is 14.6. The summed E-state index contributed by atoms with van der Waals surface area (Å²) in [6.07, 6.45) is 55.8. The van der Waals surface area contributed by atoms with Crippen molar-refractivity contribution >= 4 is 19.8 Å². The first-order valence-electron chi connectivity index (χ1n) is 22.6. The molecule has 0 heterocycles. The number of unbranched alkanes of at least 4 members (excludes halogenated alkanes) is 8. The van der Waals surface area contributed by atoms with Crippen molar-refractivity contribution in [2.45, 2.75) is 148 Å². The summed E-state index contributed by atoms with van der Waals surface area (Å²) in [5.74, 6) is -1.00. The number of quaternary nitrogens is 1. The van der Waals surface area contributed by atoms with Crippen molar-refractivity contribution in [2.75, 3.05) is 47.5 Å². The van der Waals surface area contributed by atoms with Gasteiger partial charge in [-0.2, -0.15) is 0 Å². The van der Waals surface area contributed by atoms with E-state index in [-0.39, 0.29) is 26.1 Å². The van der Waals surface area contributed by atoms with Gasteiger partial charge in [0.2, 0.25) is 0 Å². The molecule has 0 spiro atoms. The van der Waals surface area contributed by atoms with Crippen LogP contribution in [0.2, 0.25) is 0 Å². The van der Waals surface area contributed by atoms with Gasteiger partial charge in [0.15, 0.2) is 6.10 Å². The highest BCUT2D eigenvalue weighted by molar-refractivity contribution is 7.45. The number of rotatable bonds is 39. The first-order chi connectivity index (χ1) is 29.0. The Morgan fingerprint density at radius 3 is 1.42 bits per heavy atom. The molecule has 0 aromatic heterocycles. The quantitative estimate of drug-likeness (QED) is 0.0198. The van der Waals surface area contributed by atoms with Crippen LogP contribution in [0.4, 0.5) is 0 Å². The van der Waals surface area contributed by atoms with Crippen molar-refractivity contribution in [3.63, 3.8) is 0 Å². The minimum atomic E-state index is -4.66. The highest BCUT2D eigenvalue weighted by Gasteiger charge is 2.21. The second-order valence-corrected chi connectivity index (χ2v) is 17.1. The van der Waals surface area contributed by atoms with Crippen LogP contribution in [0, 0.1) is 0 Å². The van der Waals surface area contributed by atoms with Crippen molar-refractivity contribution in [3.05, 3.63) is 109 Å².